The molecule has 0 aromatic heterocycles. The number of carbonyl (C=O) groups excluding carboxylic acids is 2. The van der Waals surface area contributed by atoms with Gasteiger partial charge in [-0.3, -0.25) is 0 Å². The molecule has 0 heterocycles. The van der Waals surface area contributed by atoms with Crippen LogP contribution in [0.5, 0.6) is 0 Å². The van der Waals surface area contributed by atoms with Crippen LogP contribution in [0.25, 0.3) is 0 Å². The van der Waals surface area contributed by atoms with E-state index in [1.165, 1.54) is 0 Å². The van der Waals surface area contributed by atoms with Crippen molar-refractivity contribution in [2.24, 2.45) is 20.0 Å². The summed E-state index contributed by atoms with van der Waals surface area (Å²) in [4.78, 5) is 40.5. The molecule has 0 saturated carbocycles. The number of hydrogen-bond donors (Lipinski definition) is 0. The number of nitrogens with zero attached hydrogens (tertiary/aromatic N) is 4. The van der Waals surface area contributed by atoms with E-state index in [9.17, 15) is 9.59 Å². The minimum Gasteiger partial charge on any atom is -0.211 e. The molecule has 0 radical (unpaired) electrons. The molecule has 0 spiro atoms. The molecule has 4 aromatic rings. The van der Waals surface area contributed by atoms with Crippen LogP contribution in [0, 0.1) is 0 Å². The topological polar surface area (TPSA) is 83.6 Å². The fourth-order valence-electron chi connectivity index (χ4n) is 3.88. The Kier molecular flexibility index (Phi) is 7.13. The van der Waals surface area contributed by atoms with Crippen molar-refractivity contribution in [1.29, 1.82) is 0 Å². The maximum atomic E-state index is 11.6. The van der Waals surface area contributed by atoms with Crippen LogP contribution in [-0.2, 0) is 20.9 Å². The summed E-state index contributed by atoms with van der Waals surface area (Å²) in [7, 11) is 0. The highest BCUT2D eigenvalue weighted by molar-refractivity contribution is 5.55. The molecule has 0 aliphatic heterocycles. The summed E-state index contributed by atoms with van der Waals surface area (Å²) in [6.45, 7) is 0. The van der Waals surface area contributed by atoms with Crippen molar-refractivity contribution in [3.63, 3.8) is 0 Å². The minimum absolute atomic E-state index is 0.626. The molecule has 0 aliphatic rings. The van der Waals surface area contributed by atoms with Gasteiger partial charge in [0.15, 0.2) is 0 Å². The van der Waals surface area contributed by atoms with Crippen molar-refractivity contribution < 1.29 is 9.59 Å². The first kappa shape index (κ1) is 23.2. The average Bonchev–Trinajstić information content (AvgIpc) is 2.94. The molecule has 0 amide bonds. The SMILES string of the molecule is O=C=NC(N=C=NC(N=C=O)(c1ccccc1)c1ccccc1)(c1ccccc1)c1ccccc1. The first-order valence-electron chi connectivity index (χ1n) is 10.8. The van der Waals surface area contributed by atoms with Gasteiger partial charge in [-0.1, -0.05) is 121 Å². The van der Waals surface area contributed by atoms with Crippen molar-refractivity contribution in [3.8, 4) is 0 Å². The summed E-state index contributed by atoms with van der Waals surface area (Å²) in [6.07, 6.45) is 3.31. The van der Waals surface area contributed by atoms with Crippen LogP contribution in [0.15, 0.2) is 141 Å². The summed E-state index contributed by atoms with van der Waals surface area (Å²) in [5, 5.41) is 0. The van der Waals surface area contributed by atoms with Gasteiger partial charge in [-0.25, -0.2) is 9.59 Å². The standard InChI is InChI=1S/C29H20N4O2/c34-22-32-28(24-13-5-1-6-14-24,25-15-7-2-8-16-25)30-21-31-29(33-23-35,26-17-9-3-10-18-26)27-19-11-4-12-20-27/h1-20H. The molecule has 6 heteroatoms. The number of aliphatic imine (C=N–C) groups is 4. The predicted molar refractivity (Wildman–Crippen MR) is 133 cm³/mol. The zero-order valence-electron chi connectivity index (χ0n) is 18.7. The van der Waals surface area contributed by atoms with Crippen molar-refractivity contribution in [3.05, 3.63) is 144 Å². The van der Waals surface area contributed by atoms with Crippen LogP contribution in [0.4, 0.5) is 0 Å². The number of rotatable bonds is 8. The monoisotopic (exact) mass is 456 g/mol. The van der Waals surface area contributed by atoms with E-state index in [2.05, 4.69) is 26.0 Å². The minimum atomic E-state index is -1.47. The van der Waals surface area contributed by atoms with Gasteiger partial charge in [0, 0.05) is 22.3 Å². The van der Waals surface area contributed by atoms with Crippen molar-refractivity contribution >= 4 is 18.2 Å². The number of isocyanates is 2. The van der Waals surface area contributed by atoms with Gasteiger partial charge in [0.2, 0.25) is 23.5 Å². The predicted octanol–water partition coefficient (Wildman–Crippen LogP) is 5.63. The summed E-state index contributed by atoms with van der Waals surface area (Å²) in [5.74, 6) is 0. The average molecular weight is 457 g/mol. The molecular weight excluding hydrogens is 436 g/mol. The van der Waals surface area contributed by atoms with Crippen LogP contribution in [0.2, 0.25) is 0 Å². The quantitative estimate of drug-likeness (QED) is 0.254. The Morgan fingerprint density at radius 1 is 0.400 bits per heavy atom. The molecule has 4 rings (SSSR count). The highest BCUT2D eigenvalue weighted by Crippen LogP contribution is 2.37. The molecule has 0 unspecified atom stereocenters. The molecule has 0 N–H and O–H groups in total. The lowest BCUT2D eigenvalue weighted by Gasteiger charge is -2.25. The lowest BCUT2D eigenvalue weighted by molar-refractivity contribution is 0.525. The summed E-state index contributed by atoms with van der Waals surface area (Å²) in [5.41, 5.74) is -0.445. The summed E-state index contributed by atoms with van der Waals surface area (Å²) < 4.78 is 0. The van der Waals surface area contributed by atoms with E-state index in [-0.39, 0.29) is 0 Å². The van der Waals surface area contributed by atoms with Crippen LogP contribution in [-0.4, -0.2) is 18.2 Å². The number of benzene rings is 4. The van der Waals surface area contributed by atoms with Gasteiger partial charge in [-0.15, -0.1) is 0 Å². The van der Waals surface area contributed by atoms with Gasteiger partial charge in [0.05, 0.1) is 6.01 Å². The lowest BCUT2D eigenvalue weighted by atomic mass is 9.92. The maximum Gasteiger partial charge on any atom is 0.238 e. The third-order valence-corrected chi connectivity index (χ3v) is 5.54. The third kappa shape index (κ3) is 4.72. The molecule has 0 bridgehead atoms. The fraction of sp³-hybridized carbons (Fsp3) is 0.0690. The van der Waals surface area contributed by atoms with E-state index in [4.69, 9.17) is 0 Å². The second-order valence-electron chi connectivity index (χ2n) is 7.54. The van der Waals surface area contributed by atoms with Crippen LogP contribution >= 0.6 is 0 Å². The van der Waals surface area contributed by atoms with Gasteiger partial charge < -0.3 is 0 Å². The largest absolute Gasteiger partial charge is 0.238 e. The molecule has 168 valence electrons. The first-order valence-corrected chi connectivity index (χ1v) is 10.8. The normalized spacial score (nSPS) is 10.7. The lowest BCUT2D eigenvalue weighted by Crippen LogP contribution is -2.24. The smallest absolute Gasteiger partial charge is 0.211 e. The van der Waals surface area contributed by atoms with Crippen LogP contribution in [0.3, 0.4) is 0 Å². The number of hydrogen-bond acceptors (Lipinski definition) is 6. The highest BCUT2D eigenvalue weighted by Gasteiger charge is 2.36. The van der Waals surface area contributed by atoms with Crippen LogP contribution in [0.1, 0.15) is 22.3 Å². The molecule has 0 aliphatic carbocycles. The Hall–Kier alpha value is -4.98. The van der Waals surface area contributed by atoms with E-state index >= 15 is 0 Å². The zero-order valence-corrected chi connectivity index (χ0v) is 18.7. The van der Waals surface area contributed by atoms with Gasteiger partial charge >= 0.3 is 0 Å². The van der Waals surface area contributed by atoms with E-state index in [0.717, 1.165) is 0 Å². The molecule has 35 heavy (non-hydrogen) atoms. The molecule has 0 saturated heterocycles. The Balaban J connectivity index is 2.00. The fourth-order valence-corrected chi connectivity index (χ4v) is 3.88. The van der Waals surface area contributed by atoms with Crippen molar-refractivity contribution in [1.82, 2.24) is 0 Å². The van der Waals surface area contributed by atoms with Crippen molar-refractivity contribution in [2.45, 2.75) is 11.3 Å². The Morgan fingerprint density at radius 2 is 0.657 bits per heavy atom. The second-order valence-corrected chi connectivity index (χ2v) is 7.54. The third-order valence-electron chi connectivity index (χ3n) is 5.54. The summed E-state index contributed by atoms with van der Waals surface area (Å²) in [6, 6.07) is 39.3. The van der Waals surface area contributed by atoms with Crippen LogP contribution < -0.4 is 0 Å². The Bertz CT molecular complexity index is 1230. The maximum absolute atomic E-state index is 11.6. The van der Waals surface area contributed by atoms with E-state index < -0.39 is 11.3 Å². The molecule has 0 atom stereocenters. The van der Waals surface area contributed by atoms with E-state index in [0.29, 0.717) is 22.3 Å². The van der Waals surface area contributed by atoms with E-state index in [1.807, 2.05) is 121 Å². The molecular formula is C29H20N4O2. The molecule has 4 aromatic carbocycles. The van der Waals surface area contributed by atoms with Gasteiger partial charge in [-0.05, 0) is 0 Å². The Morgan fingerprint density at radius 3 is 0.886 bits per heavy atom. The van der Waals surface area contributed by atoms with Gasteiger partial charge in [0.1, 0.15) is 0 Å². The summed E-state index contributed by atoms with van der Waals surface area (Å²) >= 11 is 0. The molecule has 6 nitrogen and oxygen atoms in total. The van der Waals surface area contributed by atoms with Gasteiger partial charge in [0.25, 0.3) is 0 Å². The second kappa shape index (κ2) is 10.8. The Labute approximate surface area is 202 Å². The zero-order chi connectivity index (χ0) is 24.4. The van der Waals surface area contributed by atoms with E-state index in [1.54, 1.807) is 12.2 Å². The van der Waals surface area contributed by atoms with Gasteiger partial charge in [-0.2, -0.15) is 20.0 Å². The first-order chi connectivity index (χ1) is 17.2. The van der Waals surface area contributed by atoms with Crippen molar-refractivity contribution in [2.75, 3.05) is 0 Å². The molecule has 0 fully saturated rings. The highest BCUT2D eigenvalue weighted by atomic mass is 16.1.